The number of halogens is 1. The molecule has 28 heavy (non-hydrogen) atoms. The van der Waals surface area contributed by atoms with Gasteiger partial charge in [-0.05, 0) is 49.4 Å². The van der Waals surface area contributed by atoms with Gasteiger partial charge in [0, 0.05) is 29.5 Å². The second-order valence-electron chi connectivity index (χ2n) is 6.10. The molecule has 1 aromatic heterocycles. The molecule has 0 saturated heterocycles. The largest absolute Gasteiger partial charge is 0.497 e. The van der Waals surface area contributed by atoms with Gasteiger partial charge in [0.1, 0.15) is 5.75 Å². The van der Waals surface area contributed by atoms with Gasteiger partial charge in [-0.3, -0.25) is 9.48 Å². The Labute approximate surface area is 167 Å². The van der Waals surface area contributed by atoms with Crippen molar-refractivity contribution < 1.29 is 17.9 Å². The van der Waals surface area contributed by atoms with Crippen molar-refractivity contribution in [2.45, 2.75) is 16.7 Å². The molecular weight excluding hydrogens is 402 g/mol. The zero-order chi connectivity index (χ0) is 20.5. The van der Waals surface area contributed by atoms with Gasteiger partial charge in [-0.25, -0.2) is 8.42 Å². The van der Waals surface area contributed by atoms with Crippen LogP contribution in [0.1, 0.15) is 16.2 Å². The van der Waals surface area contributed by atoms with Gasteiger partial charge in [-0.1, -0.05) is 11.6 Å². The number of nitrogens with zero attached hydrogens (tertiary/aromatic N) is 2. The molecule has 2 aromatic carbocycles. The molecule has 0 saturated carbocycles. The van der Waals surface area contributed by atoms with Crippen molar-refractivity contribution in [3.8, 4) is 5.75 Å². The summed E-state index contributed by atoms with van der Waals surface area (Å²) in [7, 11) is -0.675. The van der Waals surface area contributed by atoms with Gasteiger partial charge >= 0.3 is 0 Å². The fraction of sp³-hybridized carbons (Fsp3) is 0.158. The van der Waals surface area contributed by atoms with Crippen LogP contribution in [-0.2, 0) is 16.9 Å². The van der Waals surface area contributed by atoms with Gasteiger partial charge in [-0.15, -0.1) is 0 Å². The summed E-state index contributed by atoms with van der Waals surface area (Å²) in [6.45, 7) is 1.83. The molecule has 9 heteroatoms. The topological polar surface area (TPSA) is 90.3 Å². The molecular formula is C19H18ClN3O4S. The molecule has 0 radical (unpaired) electrons. The van der Waals surface area contributed by atoms with E-state index in [1.54, 1.807) is 17.8 Å². The minimum absolute atomic E-state index is 0.0123. The minimum Gasteiger partial charge on any atom is -0.497 e. The van der Waals surface area contributed by atoms with Gasteiger partial charge in [0.2, 0.25) is 9.84 Å². The van der Waals surface area contributed by atoms with Crippen molar-refractivity contribution >= 4 is 33.0 Å². The number of sulfone groups is 1. The van der Waals surface area contributed by atoms with E-state index in [0.29, 0.717) is 10.8 Å². The summed E-state index contributed by atoms with van der Waals surface area (Å²) in [5.74, 6) is -0.158. The summed E-state index contributed by atoms with van der Waals surface area (Å²) in [5.41, 5.74) is 1.33. The van der Waals surface area contributed by atoms with Crippen molar-refractivity contribution in [2.24, 2.45) is 7.05 Å². The van der Waals surface area contributed by atoms with Gasteiger partial charge in [0.15, 0.2) is 5.69 Å². The Hall–Kier alpha value is -2.84. The molecule has 0 aliphatic carbocycles. The average molecular weight is 420 g/mol. The van der Waals surface area contributed by atoms with E-state index in [9.17, 15) is 13.2 Å². The third-order valence-corrected chi connectivity index (χ3v) is 6.16. The van der Waals surface area contributed by atoms with E-state index < -0.39 is 15.7 Å². The molecule has 0 aliphatic rings. The number of carbonyl (C=O) groups is 1. The van der Waals surface area contributed by atoms with Gasteiger partial charge < -0.3 is 10.1 Å². The number of carbonyl (C=O) groups excluding carboxylic acids is 1. The van der Waals surface area contributed by atoms with Crippen LogP contribution in [0, 0.1) is 6.92 Å². The number of methoxy groups -OCH3 is 1. The van der Waals surface area contributed by atoms with Crippen LogP contribution in [-0.4, -0.2) is 31.2 Å². The van der Waals surface area contributed by atoms with Crippen molar-refractivity contribution in [3.05, 3.63) is 64.9 Å². The number of anilines is 1. The maximum atomic E-state index is 12.9. The van der Waals surface area contributed by atoms with Crippen LogP contribution in [0.3, 0.4) is 0 Å². The molecule has 1 N–H and O–H groups in total. The van der Waals surface area contributed by atoms with Crippen molar-refractivity contribution in [2.75, 3.05) is 12.4 Å². The van der Waals surface area contributed by atoms with E-state index in [1.807, 2.05) is 6.92 Å². The summed E-state index contributed by atoms with van der Waals surface area (Å²) in [4.78, 5) is 12.5. The van der Waals surface area contributed by atoms with E-state index in [2.05, 4.69) is 10.4 Å². The van der Waals surface area contributed by atoms with Crippen LogP contribution in [0.5, 0.6) is 5.75 Å². The van der Waals surface area contributed by atoms with Gasteiger partial charge in [0.25, 0.3) is 5.91 Å². The van der Waals surface area contributed by atoms with E-state index >= 15 is 0 Å². The second-order valence-corrected chi connectivity index (χ2v) is 8.49. The Bertz CT molecular complexity index is 1120. The molecule has 0 aliphatic heterocycles. The number of aromatic nitrogens is 2. The SMILES string of the molecule is COc1cc(NC(=O)c2cc(C)n(C)n2)cc(S(=O)(=O)c2ccc(Cl)cc2)c1. The summed E-state index contributed by atoms with van der Waals surface area (Å²) in [6.07, 6.45) is 0. The van der Waals surface area contributed by atoms with Crippen molar-refractivity contribution in [1.82, 2.24) is 9.78 Å². The fourth-order valence-electron chi connectivity index (χ4n) is 2.53. The number of amides is 1. The lowest BCUT2D eigenvalue weighted by Gasteiger charge is -2.11. The highest BCUT2D eigenvalue weighted by Crippen LogP contribution is 2.29. The zero-order valence-electron chi connectivity index (χ0n) is 15.4. The molecule has 1 heterocycles. The Morgan fingerprint density at radius 3 is 2.36 bits per heavy atom. The summed E-state index contributed by atoms with van der Waals surface area (Å²) in [5, 5.41) is 7.22. The quantitative estimate of drug-likeness (QED) is 0.683. The van der Waals surface area contributed by atoms with Crippen LogP contribution in [0.4, 0.5) is 5.69 Å². The second kappa shape index (κ2) is 7.65. The van der Waals surface area contributed by atoms with E-state index in [4.69, 9.17) is 16.3 Å². The molecule has 3 rings (SSSR count). The molecule has 0 spiro atoms. The highest BCUT2D eigenvalue weighted by Gasteiger charge is 2.20. The van der Waals surface area contributed by atoms with Crippen LogP contribution in [0.25, 0.3) is 0 Å². The lowest BCUT2D eigenvalue weighted by atomic mass is 10.3. The molecule has 7 nitrogen and oxygen atoms in total. The van der Waals surface area contributed by atoms with E-state index in [-0.39, 0.29) is 21.2 Å². The number of hydrogen-bond acceptors (Lipinski definition) is 5. The molecule has 0 atom stereocenters. The molecule has 146 valence electrons. The first-order chi connectivity index (χ1) is 13.2. The first-order valence-electron chi connectivity index (χ1n) is 8.22. The van der Waals surface area contributed by atoms with Crippen LogP contribution < -0.4 is 10.1 Å². The Morgan fingerprint density at radius 2 is 1.79 bits per heavy atom. The normalized spacial score (nSPS) is 11.3. The summed E-state index contributed by atoms with van der Waals surface area (Å²) >= 11 is 5.84. The minimum atomic E-state index is -3.82. The highest BCUT2D eigenvalue weighted by atomic mass is 35.5. The molecule has 1 amide bonds. The number of benzene rings is 2. The Balaban J connectivity index is 1.98. The summed E-state index contributed by atoms with van der Waals surface area (Å²) in [6, 6.07) is 11.8. The third-order valence-electron chi connectivity index (χ3n) is 4.15. The number of nitrogens with one attached hydrogen (secondary N) is 1. The molecule has 0 fully saturated rings. The number of hydrogen-bond donors (Lipinski definition) is 1. The van der Waals surface area contributed by atoms with E-state index in [0.717, 1.165) is 5.69 Å². The van der Waals surface area contributed by atoms with Crippen molar-refractivity contribution in [1.29, 1.82) is 0 Å². The average Bonchev–Trinajstić information content (AvgIpc) is 3.00. The highest BCUT2D eigenvalue weighted by molar-refractivity contribution is 7.91. The first-order valence-corrected chi connectivity index (χ1v) is 10.1. The predicted octanol–water partition coefficient (Wildman–Crippen LogP) is 3.48. The standard InChI is InChI=1S/C19H18ClN3O4S/c1-12-8-18(22-23(12)2)19(24)21-14-9-15(27-3)11-17(10-14)28(25,26)16-6-4-13(20)5-7-16/h4-11H,1-3H3,(H,21,24). The maximum absolute atomic E-state index is 12.9. The number of ether oxygens (including phenoxy) is 1. The fourth-order valence-corrected chi connectivity index (χ4v) is 3.98. The van der Waals surface area contributed by atoms with Crippen molar-refractivity contribution in [3.63, 3.8) is 0 Å². The molecule has 0 unspecified atom stereocenters. The lowest BCUT2D eigenvalue weighted by molar-refractivity contribution is 0.102. The number of rotatable bonds is 5. The molecule has 3 aromatic rings. The van der Waals surface area contributed by atoms with Crippen LogP contribution in [0.15, 0.2) is 58.3 Å². The van der Waals surface area contributed by atoms with Gasteiger partial charge in [0.05, 0.1) is 16.9 Å². The Kier molecular flexibility index (Phi) is 5.44. The van der Waals surface area contributed by atoms with Crippen LogP contribution >= 0.6 is 11.6 Å². The first kappa shape index (κ1) is 19.9. The zero-order valence-corrected chi connectivity index (χ0v) is 17.0. The smallest absolute Gasteiger partial charge is 0.276 e. The predicted molar refractivity (Wildman–Crippen MR) is 106 cm³/mol. The molecule has 0 bridgehead atoms. The third kappa shape index (κ3) is 4.02. The summed E-state index contributed by atoms with van der Waals surface area (Å²) < 4.78 is 32.7. The van der Waals surface area contributed by atoms with E-state index in [1.165, 1.54) is 49.6 Å². The monoisotopic (exact) mass is 419 g/mol. The van der Waals surface area contributed by atoms with Gasteiger partial charge in [-0.2, -0.15) is 5.10 Å². The van der Waals surface area contributed by atoms with Crippen LogP contribution in [0.2, 0.25) is 5.02 Å². The number of aryl methyl sites for hydroxylation is 2. The Morgan fingerprint density at radius 1 is 1.11 bits per heavy atom. The lowest BCUT2D eigenvalue weighted by Crippen LogP contribution is -2.14. The maximum Gasteiger partial charge on any atom is 0.276 e.